The Kier molecular flexibility index (Phi) is 20.1. The van der Waals surface area contributed by atoms with Crippen molar-refractivity contribution < 1.29 is 80.5 Å². The first kappa shape index (κ1) is 53.7. The molecule has 2 aromatic carbocycles. The molecule has 2 fully saturated rings. The third-order valence-electron chi connectivity index (χ3n) is 11.9. The molecule has 4 rings (SSSR count). The van der Waals surface area contributed by atoms with E-state index in [2.05, 4.69) is 13.8 Å². The summed E-state index contributed by atoms with van der Waals surface area (Å²) in [7, 11) is 0. The quantitative estimate of drug-likeness (QED) is 0.0610. The van der Waals surface area contributed by atoms with E-state index < -0.39 is 103 Å². The molecule has 4 nitrogen and oxygen atoms in total. The lowest BCUT2D eigenvalue weighted by molar-refractivity contribution is -0.367. The van der Waals surface area contributed by atoms with E-state index >= 15 is 0 Å². The molecule has 0 unspecified atom stereocenters. The molecule has 0 atom stereocenters. The molecule has 0 heterocycles. The predicted molar refractivity (Wildman–Crippen MR) is 207 cm³/mol. The highest BCUT2D eigenvalue weighted by Crippen LogP contribution is 2.53. The zero-order valence-electron chi connectivity index (χ0n) is 35.3. The molecular formula is C45H56F14O4. The van der Waals surface area contributed by atoms with Gasteiger partial charge in [-0.2, -0.15) is 52.7 Å². The van der Waals surface area contributed by atoms with Crippen molar-refractivity contribution in [2.75, 3.05) is 0 Å². The maximum atomic E-state index is 14.3. The molecule has 18 heteroatoms. The molecule has 2 aromatic rings. The summed E-state index contributed by atoms with van der Waals surface area (Å²) in [6.45, 7) is 4.22. The number of alkyl halides is 12. The molecule has 63 heavy (non-hydrogen) atoms. The Bertz CT molecular complexity index is 1730. The van der Waals surface area contributed by atoms with E-state index in [0.717, 1.165) is 68.9 Å². The molecule has 0 spiro atoms. The third-order valence-corrected chi connectivity index (χ3v) is 11.9. The van der Waals surface area contributed by atoms with Crippen molar-refractivity contribution in [2.45, 2.75) is 172 Å². The molecule has 0 N–H and O–H groups in total. The lowest BCUT2D eigenvalue weighted by Crippen LogP contribution is -2.56. The minimum atomic E-state index is -6.38. The summed E-state index contributed by atoms with van der Waals surface area (Å²) in [4.78, 5) is 24.5. The number of aryl methyl sites for hydroxylation is 2. The first-order valence-corrected chi connectivity index (χ1v) is 21.6. The second kappa shape index (κ2) is 23.5. The largest absolute Gasteiger partial charge is 0.459 e. The summed E-state index contributed by atoms with van der Waals surface area (Å²) in [6.07, 6.45) is -3.24. The second-order valence-electron chi connectivity index (χ2n) is 16.6. The summed E-state index contributed by atoms with van der Waals surface area (Å²) in [5.74, 6) is -25.9. The van der Waals surface area contributed by atoms with Gasteiger partial charge < -0.3 is 9.47 Å². The van der Waals surface area contributed by atoms with Crippen LogP contribution in [0.1, 0.15) is 141 Å². The Hall–Kier alpha value is -3.60. The number of rotatable bonds is 19. The van der Waals surface area contributed by atoms with E-state index in [1.54, 1.807) is 12.1 Å². The number of hydrogen-bond donors (Lipinski definition) is 0. The SMILES string of the molecule is CCCCCCCc1ccc(OC(=O)[C@H]2CC[C@H](C(F)(F)C(F)(F)C(F)(F)F)CC2)c(F)c1.CCCCCCCc1ccc(OC(=O)[C@H]2CC[C@H](C(F)(F)C(F)(F)F)CC2)c(F)c1. The molecule has 0 bridgehead atoms. The average Bonchev–Trinajstić information content (AvgIpc) is 3.22. The second-order valence-corrected chi connectivity index (χ2v) is 16.6. The van der Waals surface area contributed by atoms with Gasteiger partial charge in [0.25, 0.3) is 0 Å². The van der Waals surface area contributed by atoms with Crippen LogP contribution in [-0.2, 0) is 22.4 Å². The zero-order valence-corrected chi connectivity index (χ0v) is 35.3. The monoisotopic (exact) mass is 926 g/mol. The van der Waals surface area contributed by atoms with Crippen molar-refractivity contribution in [3.8, 4) is 11.5 Å². The van der Waals surface area contributed by atoms with E-state index in [9.17, 15) is 71.1 Å². The molecular weight excluding hydrogens is 870 g/mol. The van der Waals surface area contributed by atoms with Crippen LogP contribution in [0.4, 0.5) is 61.5 Å². The van der Waals surface area contributed by atoms with E-state index in [1.807, 2.05) is 0 Å². The summed E-state index contributed by atoms with van der Waals surface area (Å²) in [5.41, 5.74) is 1.52. The molecule has 358 valence electrons. The summed E-state index contributed by atoms with van der Waals surface area (Å²) < 4.78 is 194. The van der Waals surface area contributed by atoms with Crippen LogP contribution in [0.3, 0.4) is 0 Å². The van der Waals surface area contributed by atoms with Crippen LogP contribution < -0.4 is 9.47 Å². The lowest BCUT2D eigenvalue weighted by Gasteiger charge is -2.37. The van der Waals surface area contributed by atoms with Gasteiger partial charge in [-0.3, -0.25) is 9.59 Å². The molecule has 0 aliphatic heterocycles. The highest BCUT2D eigenvalue weighted by atomic mass is 19.4. The van der Waals surface area contributed by atoms with Gasteiger partial charge in [0.2, 0.25) is 0 Å². The van der Waals surface area contributed by atoms with E-state index in [1.165, 1.54) is 30.7 Å². The Morgan fingerprint density at radius 3 is 1.16 bits per heavy atom. The Balaban J connectivity index is 0.000000337. The van der Waals surface area contributed by atoms with Crippen molar-refractivity contribution in [3.05, 3.63) is 59.2 Å². The molecule has 2 saturated carbocycles. The number of esters is 2. The predicted octanol–water partition coefficient (Wildman–Crippen LogP) is 15.1. The Morgan fingerprint density at radius 2 is 0.841 bits per heavy atom. The van der Waals surface area contributed by atoms with Crippen LogP contribution in [0, 0.1) is 35.3 Å². The maximum absolute atomic E-state index is 14.3. The van der Waals surface area contributed by atoms with Crippen molar-refractivity contribution in [2.24, 2.45) is 23.7 Å². The van der Waals surface area contributed by atoms with Crippen molar-refractivity contribution in [1.82, 2.24) is 0 Å². The topological polar surface area (TPSA) is 52.6 Å². The number of carbonyl (C=O) groups is 2. The summed E-state index contributed by atoms with van der Waals surface area (Å²) in [5, 5.41) is 0. The van der Waals surface area contributed by atoms with Gasteiger partial charge in [0, 0.05) is 11.8 Å². The maximum Gasteiger partial charge on any atom is 0.459 e. The first-order valence-electron chi connectivity index (χ1n) is 21.6. The van der Waals surface area contributed by atoms with Gasteiger partial charge >= 0.3 is 42.1 Å². The number of unbranched alkanes of at least 4 members (excludes halogenated alkanes) is 8. The number of hydrogen-bond acceptors (Lipinski definition) is 4. The highest BCUT2D eigenvalue weighted by Gasteiger charge is 2.75. The van der Waals surface area contributed by atoms with Gasteiger partial charge in [0.05, 0.1) is 11.8 Å². The van der Waals surface area contributed by atoms with E-state index in [-0.39, 0.29) is 37.2 Å². The number of carbonyl (C=O) groups excluding carboxylic acids is 2. The van der Waals surface area contributed by atoms with Crippen LogP contribution >= 0.6 is 0 Å². The average molecular weight is 927 g/mol. The first-order chi connectivity index (χ1) is 29.4. The minimum Gasteiger partial charge on any atom is -0.423 e. The summed E-state index contributed by atoms with van der Waals surface area (Å²) in [6, 6.07) is 8.49. The lowest BCUT2D eigenvalue weighted by atomic mass is 9.77. The minimum absolute atomic E-state index is 0.146. The van der Waals surface area contributed by atoms with E-state index in [4.69, 9.17) is 9.47 Å². The zero-order chi connectivity index (χ0) is 47.2. The van der Waals surface area contributed by atoms with Gasteiger partial charge in [-0.05, 0) is 112 Å². The van der Waals surface area contributed by atoms with Gasteiger partial charge in [0.1, 0.15) is 0 Å². The van der Waals surface area contributed by atoms with Crippen molar-refractivity contribution in [3.63, 3.8) is 0 Å². The fourth-order valence-corrected chi connectivity index (χ4v) is 7.87. The van der Waals surface area contributed by atoms with Crippen LogP contribution in [0.2, 0.25) is 0 Å². The standard InChI is InChI=1S/C23H28F8O2.C22H28F6O2/c1-2-3-4-5-6-7-15-8-13-19(18(24)14-15)33-20(32)16-9-11-17(12-10-16)21(25,26)22(27,28)23(29,30)31;1-2-3-4-5-6-7-15-8-13-19(18(23)14-15)30-20(29)16-9-11-17(12-10-16)21(24,25)22(26,27)28/h8,13-14,16-17H,2-7,9-12H2,1H3;8,13-14,16-17H,2-7,9-12H2,1H3/t2*16-,17-. The molecule has 2 aliphatic carbocycles. The molecule has 2 aliphatic rings. The van der Waals surface area contributed by atoms with Crippen molar-refractivity contribution >= 4 is 11.9 Å². The molecule has 0 amide bonds. The fourth-order valence-electron chi connectivity index (χ4n) is 7.87. The van der Waals surface area contributed by atoms with Gasteiger partial charge in [0.15, 0.2) is 23.1 Å². The molecule has 0 aromatic heterocycles. The van der Waals surface area contributed by atoms with Gasteiger partial charge in [-0.25, -0.2) is 8.78 Å². The molecule has 0 radical (unpaired) electrons. The number of benzene rings is 2. The summed E-state index contributed by atoms with van der Waals surface area (Å²) >= 11 is 0. The van der Waals surface area contributed by atoms with Crippen LogP contribution in [0.25, 0.3) is 0 Å². The molecule has 0 saturated heterocycles. The van der Waals surface area contributed by atoms with E-state index in [0.29, 0.717) is 12.8 Å². The normalized spacial score (nSPS) is 20.1. The number of halogens is 14. The highest BCUT2D eigenvalue weighted by molar-refractivity contribution is 5.75. The number of ether oxygens (including phenoxy) is 2. The Labute approximate surface area is 358 Å². The van der Waals surface area contributed by atoms with Crippen LogP contribution in [0.5, 0.6) is 11.5 Å². The Morgan fingerprint density at radius 1 is 0.492 bits per heavy atom. The van der Waals surface area contributed by atoms with Crippen molar-refractivity contribution in [1.29, 1.82) is 0 Å². The third kappa shape index (κ3) is 15.0. The van der Waals surface area contributed by atoms with Crippen LogP contribution in [0.15, 0.2) is 36.4 Å². The van der Waals surface area contributed by atoms with Gasteiger partial charge in [-0.15, -0.1) is 0 Å². The van der Waals surface area contributed by atoms with Gasteiger partial charge in [-0.1, -0.05) is 77.3 Å². The smallest absolute Gasteiger partial charge is 0.423 e. The van der Waals surface area contributed by atoms with Crippen LogP contribution in [-0.4, -0.2) is 42.1 Å². The fraction of sp³-hybridized carbons (Fsp3) is 0.689.